The first-order valence-electron chi connectivity index (χ1n) is 5.92. The third kappa shape index (κ3) is 2.69. The van der Waals surface area contributed by atoms with Gasteiger partial charge in [-0.25, -0.2) is 0 Å². The van der Waals surface area contributed by atoms with E-state index in [0.29, 0.717) is 6.04 Å². The highest BCUT2D eigenvalue weighted by molar-refractivity contribution is 5.81. The van der Waals surface area contributed by atoms with Gasteiger partial charge in [0.25, 0.3) is 0 Å². The number of carbonyl (C=O) groups excluding carboxylic acids is 1. The molecule has 0 aromatic heterocycles. The second kappa shape index (κ2) is 4.49. The minimum absolute atomic E-state index is 0.0834. The highest BCUT2D eigenvalue weighted by atomic mass is 16.2. The van der Waals surface area contributed by atoms with Gasteiger partial charge in [-0.15, -0.1) is 0 Å². The van der Waals surface area contributed by atoms with Crippen LogP contribution in [0.1, 0.15) is 26.2 Å². The number of nitrogens with one attached hydrogen (secondary N) is 2. The number of hydrogen-bond donors (Lipinski definition) is 2. The Kier molecular flexibility index (Phi) is 3.26. The van der Waals surface area contributed by atoms with E-state index in [0.717, 1.165) is 25.6 Å². The van der Waals surface area contributed by atoms with Gasteiger partial charge in [0.2, 0.25) is 5.91 Å². The Balaban J connectivity index is 1.73. The van der Waals surface area contributed by atoms with Crippen molar-refractivity contribution in [2.75, 3.05) is 20.1 Å². The minimum atomic E-state index is -0.0834. The van der Waals surface area contributed by atoms with Gasteiger partial charge in [0.15, 0.2) is 0 Å². The van der Waals surface area contributed by atoms with Crippen LogP contribution in [0.4, 0.5) is 0 Å². The van der Waals surface area contributed by atoms with Gasteiger partial charge in [-0.2, -0.15) is 0 Å². The monoisotopic (exact) mass is 211 g/mol. The molecule has 15 heavy (non-hydrogen) atoms. The van der Waals surface area contributed by atoms with E-state index in [9.17, 15) is 4.79 Å². The summed E-state index contributed by atoms with van der Waals surface area (Å²) in [6.45, 7) is 4.10. The van der Waals surface area contributed by atoms with Crippen molar-refractivity contribution in [1.29, 1.82) is 0 Å². The van der Waals surface area contributed by atoms with Crippen LogP contribution in [0, 0.1) is 0 Å². The van der Waals surface area contributed by atoms with E-state index in [1.807, 2.05) is 14.0 Å². The van der Waals surface area contributed by atoms with Crippen LogP contribution < -0.4 is 10.6 Å². The minimum Gasteiger partial charge on any atom is -0.351 e. The van der Waals surface area contributed by atoms with Gasteiger partial charge < -0.3 is 10.6 Å². The first kappa shape index (κ1) is 10.9. The summed E-state index contributed by atoms with van der Waals surface area (Å²) >= 11 is 0. The molecule has 4 heteroatoms. The largest absolute Gasteiger partial charge is 0.351 e. The van der Waals surface area contributed by atoms with Gasteiger partial charge >= 0.3 is 0 Å². The van der Waals surface area contributed by atoms with Crippen molar-refractivity contribution in [3.05, 3.63) is 0 Å². The maximum Gasteiger partial charge on any atom is 0.237 e. The van der Waals surface area contributed by atoms with Crippen LogP contribution in [-0.2, 0) is 4.79 Å². The summed E-state index contributed by atoms with van der Waals surface area (Å²) in [6, 6.07) is 1.11. The molecule has 0 aromatic rings. The fraction of sp³-hybridized carbons (Fsp3) is 0.909. The number of nitrogens with zero attached hydrogens (tertiary/aromatic N) is 1. The lowest BCUT2D eigenvalue weighted by Gasteiger charge is -2.17. The summed E-state index contributed by atoms with van der Waals surface area (Å²) in [5, 5.41) is 6.06. The van der Waals surface area contributed by atoms with E-state index in [1.54, 1.807) is 0 Å². The molecule has 2 N–H and O–H groups in total. The van der Waals surface area contributed by atoms with Crippen LogP contribution in [-0.4, -0.2) is 49.1 Å². The highest BCUT2D eigenvalue weighted by Gasteiger charge is 2.34. The molecule has 1 aliphatic heterocycles. The van der Waals surface area contributed by atoms with Gasteiger partial charge in [0, 0.05) is 25.2 Å². The van der Waals surface area contributed by atoms with Gasteiger partial charge in [-0.1, -0.05) is 0 Å². The van der Waals surface area contributed by atoms with Gasteiger partial charge in [0.05, 0.1) is 6.04 Å². The summed E-state index contributed by atoms with van der Waals surface area (Å²) < 4.78 is 0. The van der Waals surface area contributed by atoms with E-state index in [4.69, 9.17) is 0 Å². The molecule has 2 aliphatic rings. The molecule has 0 radical (unpaired) electrons. The Morgan fingerprint density at radius 1 is 1.40 bits per heavy atom. The fourth-order valence-corrected chi connectivity index (χ4v) is 2.13. The predicted molar refractivity (Wildman–Crippen MR) is 59.7 cm³/mol. The SMILES string of the molecule is CNC(C)C(=O)NC1CCN(C2CC2)C1. The van der Waals surface area contributed by atoms with Gasteiger partial charge in [-0.3, -0.25) is 9.69 Å². The van der Waals surface area contributed by atoms with Crippen LogP contribution in [0.15, 0.2) is 0 Å². The zero-order valence-electron chi connectivity index (χ0n) is 9.62. The number of rotatable bonds is 4. The third-order valence-electron chi connectivity index (χ3n) is 3.46. The maximum atomic E-state index is 11.6. The summed E-state index contributed by atoms with van der Waals surface area (Å²) in [7, 11) is 1.81. The standard InChI is InChI=1S/C11H21N3O/c1-8(12-2)11(15)13-9-5-6-14(7-9)10-3-4-10/h8-10,12H,3-7H2,1-2H3,(H,13,15). The Bertz CT molecular complexity index is 240. The molecule has 4 nitrogen and oxygen atoms in total. The normalized spacial score (nSPS) is 29.1. The Labute approximate surface area is 91.4 Å². The quantitative estimate of drug-likeness (QED) is 0.685. The van der Waals surface area contributed by atoms with E-state index in [1.165, 1.54) is 12.8 Å². The molecule has 1 heterocycles. The average Bonchev–Trinajstić information content (AvgIpc) is 2.99. The molecule has 2 atom stereocenters. The van der Waals surface area contributed by atoms with Crippen molar-refractivity contribution in [1.82, 2.24) is 15.5 Å². The van der Waals surface area contributed by atoms with E-state index >= 15 is 0 Å². The number of hydrogen-bond acceptors (Lipinski definition) is 3. The molecule has 86 valence electrons. The molecule has 1 saturated carbocycles. The Morgan fingerprint density at radius 2 is 2.13 bits per heavy atom. The van der Waals surface area contributed by atoms with Crippen LogP contribution in [0.25, 0.3) is 0 Å². The van der Waals surface area contributed by atoms with Crippen molar-refractivity contribution in [3.63, 3.8) is 0 Å². The van der Waals surface area contributed by atoms with Crippen LogP contribution in [0.5, 0.6) is 0 Å². The molecular weight excluding hydrogens is 190 g/mol. The number of amides is 1. The highest BCUT2D eigenvalue weighted by Crippen LogP contribution is 2.29. The molecule has 2 fully saturated rings. The molecular formula is C11H21N3O. The summed E-state index contributed by atoms with van der Waals surface area (Å²) in [5.74, 6) is 0.125. The molecule has 0 aromatic carbocycles. The van der Waals surface area contributed by atoms with Crippen LogP contribution >= 0.6 is 0 Å². The second-order valence-electron chi connectivity index (χ2n) is 4.73. The average molecular weight is 211 g/mol. The molecule has 2 unspecified atom stereocenters. The predicted octanol–water partition coefficient (Wildman–Crippen LogP) is -0.0528. The Morgan fingerprint density at radius 3 is 2.73 bits per heavy atom. The van der Waals surface area contributed by atoms with Crippen molar-refractivity contribution >= 4 is 5.91 Å². The molecule has 1 saturated heterocycles. The van der Waals surface area contributed by atoms with Gasteiger partial charge in [-0.05, 0) is 33.2 Å². The lowest BCUT2D eigenvalue weighted by Crippen LogP contribution is -2.46. The number of likely N-dealkylation sites (N-methyl/N-ethyl adjacent to an activating group) is 1. The first-order valence-corrected chi connectivity index (χ1v) is 5.92. The Hall–Kier alpha value is -0.610. The second-order valence-corrected chi connectivity index (χ2v) is 4.73. The zero-order chi connectivity index (χ0) is 10.8. The smallest absolute Gasteiger partial charge is 0.237 e. The fourth-order valence-electron chi connectivity index (χ4n) is 2.13. The van der Waals surface area contributed by atoms with Gasteiger partial charge in [0.1, 0.15) is 0 Å². The molecule has 0 spiro atoms. The third-order valence-corrected chi connectivity index (χ3v) is 3.46. The number of carbonyl (C=O) groups is 1. The lowest BCUT2D eigenvalue weighted by molar-refractivity contribution is -0.123. The summed E-state index contributed by atoms with van der Waals surface area (Å²) in [5.41, 5.74) is 0. The molecule has 1 aliphatic carbocycles. The van der Waals surface area contributed by atoms with E-state index < -0.39 is 0 Å². The molecule has 1 amide bonds. The summed E-state index contributed by atoms with van der Waals surface area (Å²) in [6.07, 6.45) is 3.82. The molecule has 0 bridgehead atoms. The van der Waals surface area contributed by atoms with Crippen molar-refractivity contribution in [2.24, 2.45) is 0 Å². The number of likely N-dealkylation sites (tertiary alicyclic amines) is 1. The topological polar surface area (TPSA) is 44.4 Å². The van der Waals surface area contributed by atoms with Crippen molar-refractivity contribution in [3.8, 4) is 0 Å². The van der Waals surface area contributed by atoms with Crippen LogP contribution in [0.3, 0.4) is 0 Å². The maximum absolute atomic E-state index is 11.6. The first-order chi connectivity index (χ1) is 7.20. The van der Waals surface area contributed by atoms with E-state index in [-0.39, 0.29) is 11.9 Å². The van der Waals surface area contributed by atoms with Crippen molar-refractivity contribution < 1.29 is 4.79 Å². The molecule has 2 rings (SSSR count). The van der Waals surface area contributed by atoms with E-state index in [2.05, 4.69) is 15.5 Å². The van der Waals surface area contributed by atoms with Crippen molar-refractivity contribution in [2.45, 2.75) is 44.3 Å². The lowest BCUT2D eigenvalue weighted by atomic mass is 10.2. The summed E-state index contributed by atoms with van der Waals surface area (Å²) in [4.78, 5) is 14.1. The van der Waals surface area contributed by atoms with Crippen LogP contribution in [0.2, 0.25) is 0 Å². The zero-order valence-corrected chi connectivity index (χ0v) is 9.62.